The third-order valence-corrected chi connectivity index (χ3v) is 13.3. The number of benzene rings is 9. The summed E-state index contributed by atoms with van der Waals surface area (Å²) in [5, 5.41) is 2.64. The molecule has 9 aromatic rings. The Labute approximate surface area is 347 Å². The third-order valence-electron chi connectivity index (χ3n) is 13.3. The van der Waals surface area contributed by atoms with Gasteiger partial charge in [0.15, 0.2) is 0 Å². The van der Waals surface area contributed by atoms with Crippen LogP contribution >= 0.6 is 0 Å². The Morgan fingerprint density at radius 2 is 0.797 bits per heavy atom. The lowest BCUT2D eigenvalue weighted by molar-refractivity contribution is 0.645. The summed E-state index contributed by atoms with van der Waals surface area (Å²) in [5.41, 5.74) is 21.2. The largest absolute Gasteiger partial charge is 0.310 e. The Bertz CT molecular complexity index is 3060. The van der Waals surface area contributed by atoms with Gasteiger partial charge in [-0.05, 0) is 125 Å². The molecule has 0 amide bonds. The van der Waals surface area contributed by atoms with Crippen LogP contribution in [0, 0.1) is 0 Å². The highest BCUT2D eigenvalue weighted by Gasteiger charge is 2.37. The maximum absolute atomic E-state index is 2.47. The predicted molar refractivity (Wildman–Crippen MR) is 250 cm³/mol. The quantitative estimate of drug-likeness (QED) is 0.163. The van der Waals surface area contributed by atoms with Gasteiger partial charge in [-0.3, -0.25) is 0 Å². The zero-order valence-electron chi connectivity index (χ0n) is 34.0. The molecule has 0 saturated heterocycles. The van der Waals surface area contributed by atoms with Crippen LogP contribution in [-0.4, -0.2) is 0 Å². The average molecular weight is 756 g/mol. The minimum absolute atomic E-state index is 0.118. The van der Waals surface area contributed by atoms with E-state index in [-0.39, 0.29) is 10.8 Å². The second-order valence-corrected chi connectivity index (χ2v) is 17.3. The Hall–Kier alpha value is -6.96. The fourth-order valence-electron chi connectivity index (χ4n) is 10.2. The van der Waals surface area contributed by atoms with Gasteiger partial charge in [0.05, 0.1) is 0 Å². The fraction of sp³-hybridized carbons (Fsp3) is 0.103. The number of nitrogens with zero attached hydrogens (tertiary/aromatic N) is 1. The molecule has 282 valence electrons. The minimum atomic E-state index is -0.179. The molecule has 0 radical (unpaired) electrons. The lowest BCUT2D eigenvalue weighted by Gasteiger charge is -2.37. The lowest BCUT2D eigenvalue weighted by Crippen LogP contribution is -2.24. The normalized spacial score (nSPS) is 14.0. The van der Waals surface area contributed by atoms with Gasteiger partial charge < -0.3 is 4.90 Å². The van der Waals surface area contributed by atoms with Crippen LogP contribution in [0.1, 0.15) is 49.9 Å². The SMILES string of the molecule is CC1(C)c2ccccc2-c2ccc(N(c3ccc(-c4ccc(-c5ccccc5)cc4)cc3)c3ccc4c(c3)-c3c(-c5ccccc5)ccc5cccc(c35)C4(C)C)cc21. The Morgan fingerprint density at radius 3 is 1.51 bits per heavy atom. The summed E-state index contributed by atoms with van der Waals surface area (Å²) in [6.07, 6.45) is 0. The third kappa shape index (κ3) is 5.53. The van der Waals surface area contributed by atoms with Gasteiger partial charge in [-0.25, -0.2) is 0 Å². The second kappa shape index (κ2) is 13.3. The monoisotopic (exact) mass is 755 g/mol. The van der Waals surface area contributed by atoms with E-state index in [2.05, 4.69) is 233 Å². The van der Waals surface area contributed by atoms with E-state index in [1.165, 1.54) is 88.7 Å². The van der Waals surface area contributed by atoms with Crippen molar-refractivity contribution in [3.63, 3.8) is 0 Å². The standard InChI is InChI=1S/C58H45N/c1-57(2)52-35-32-45(36-50(52)56-47(42-16-9-6-10-17-42)33-28-43-18-13-21-53(57)55(43)56)59(46-31-34-49-48-19-11-12-20-51(48)58(3,4)54(49)37-46)44-29-26-41(27-30-44)40-24-22-39(23-25-40)38-14-7-5-8-15-38/h5-37H,1-4H3. The van der Waals surface area contributed by atoms with E-state index in [1.807, 2.05) is 0 Å². The van der Waals surface area contributed by atoms with Crippen molar-refractivity contribution in [1.29, 1.82) is 0 Å². The smallest absolute Gasteiger partial charge is 0.0468 e. The predicted octanol–water partition coefficient (Wildman–Crippen LogP) is 15.9. The van der Waals surface area contributed by atoms with Gasteiger partial charge in [-0.15, -0.1) is 0 Å². The Morgan fingerprint density at radius 1 is 0.305 bits per heavy atom. The average Bonchev–Trinajstić information content (AvgIpc) is 3.51. The molecule has 0 fully saturated rings. The molecule has 0 atom stereocenters. The van der Waals surface area contributed by atoms with Crippen molar-refractivity contribution < 1.29 is 0 Å². The molecule has 0 bridgehead atoms. The highest BCUT2D eigenvalue weighted by molar-refractivity contribution is 6.09. The molecule has 0 N–H and O–H groups in total. The maximum atomic E-state index is 2.47. The van der Waals surface area contributed by atoms with Crippen LogP contribution in [-0.2, 0) is 10.8 Å². The van der Waals surface area contributed by atoms with Crippen LogP contribution in [0.4, 0.5) is 17.1 Å². The first-order chi connectivity index (χ1) is 28.8. The van der Waals surface area contributed by atoms with Crippen LogP contribution < -0.4 is 4.90 Å². The van der Waals surface area contributed by atoms with E-state index in [4.69, 9.17) is 0 Å². The summed E-state index contributed by atoms with van der Waals surface area (Å²) >= 11 is 0. The number of hydrogen-bond acceptors (Lipinski definition) is 1. The van der Waals surface area contributed by atoms with Crippen LogP contribution in [0.15, 0.2) is 200 Å². The van der Waals surface area contributed by atoms with Crippen LogP contribution in [0.3, 0.4) is 0 Å². The first kappa shape index (κ1) is 35.2. The van der Waals surface area contributed by atoms with Crippen molar-refractivity contribution in [2.24, 2.45) is 0 Å². The van der Waals surface area contributed by atoms with E-state index in [9.17, 15) is 0 Å². The molecule has 0 heterocycles. The van der Waals surface area contributed by atoms with Gasteiger partial charge in [0.2, 0.25) is 0 Å². The summed E-state index contributed by atoms with van der Waals surface area (Å²) < 4.78 is 0. The highest BCUT2D eigenvalue weighted by atomic mass is 15.1. The van der Waals surface area contributed by atoms with Crippen LogP contribution in [0.5, 0.6) is 0 Å². The lowest BCUT2D eigenvalue weighted by atomic mass is 9.67. The molecule has 2 aliphatic carbocycles. The highest BCUT2D eigenvalue weighted by Crippen LogP contribution is 2.54. The molecule has 0 saturated carbocycles. The molecule has 11 rings (SSSR count). The second-order valence-electron chi connectivity index (χ2n) is 17.3. The number of fused-ring (bicyclic) bond motifs is 5. The molecular formula is C58H45N. The summed E-state index contributed by atoms with van der Waals surface area (Å²) in [7, 11) is 0. The van der Waals surface area contributed by atoms with Gasteiger partial charge in [0, 0.05) is 27.9 Å². The molecule has 0 aliphatic heterocycles. The Balaban J connectivity index is 1.09. The molecule has 59 heavy (non-hydrogen) atoms. The zero-order valence-corrected chi connectivity index (χ0v) is 34.0. The summed E-state index contributed by atoms with van der Waals surface area (Å²) in [5.74, 6) is 0. The van der Waals surface area contributed by atoms with Crippen LogP contribution in [0.2, 0.25) is 0 Å². The number of hydrogen-bond donors (Lipinski definition) is 0. The molecule has 0 spiro atoms. The maximum Gasteiger partial charge on any atom is 0.0468 e. The van der Waals surface area contributed by atoms with Gasteiger partial charge in [-0.1, -0.05) is 191 Å². The van der Waals surface area contributed by atoms with Crippen molar-refractivity contribution in [1.82, 2.24) is 0 Å². The fourth-order valence-corrected chi connectivity index (χ4v) is 10.2. The molecule has 9 aromatic carbocycles. The van der Waals surface area contributed by atoms with Crippen LogP contribution in [0.25, 0.3) is 66.4 Å². The summed E-state index contributed by atoms with van der Waals surface area (Å²) in [4.78, 5) is 2.47. The van der Waals surface area contributed by atoms with E-state index in [0.29, 0.717) is 0 Å². The van der Waals surface area contributed by atoms with Gasteiger partial charge >= 0.3 is 0 Å². The van der Waals surface area contributed by atoms with E-state index < -0.39 is 0 Å². The number of rotatable bonds is 6. The van der Waals surface area contributed by atoms with Crippen molar-refractivity contribution in [3.8, 4) is 55.6 Å². The molecule has 1 heteroatoms. The van der Waals surface area contributed by atoms with Crippen molar-refractivity contribution >= 4 is 27.8 Å². The molecular weight excluding hydrogens is 711 g/mol. The van der Waals surface area contributed by atoms with Gasteiger partial charge in [-0.2, -0.15) is 0 Å². The molecule has 0 aromatic heterocycles. The number of anilines is 3. The van der Waals surface area contributed by atoms with E-state index in [1.54, 1.807) is 0 Å². The molecule has 1 nitrogen and oxygen atoms in total. The van der Waals surface area contributed by atoms with E-state index >= 15 is 0 Å². The molecule has 0 unspecified atom stereocenters. The minimum Gasteiger partial charge on any atom is -0.310 e. The zero-order chi connectivity index (χ0) is 39.9. The summed E-state index contributed by atoms with van der Waals surface area (Å²) in [6.45, 7) is 9.52. The summed E-state index contributed by atoms with van der Waals surface area (Å²) in [6, 6.07) is 74.3. The van der Waals surface area contributed by atoms with Crippen molar-refractivity contribution in [2.75, 3.05) is 4.90 Å². The molecule has 2 aliphatic rings. The topological polar surface area (TPSA) is 3.24 Å². The Kier molecular flexibility index (Phi) is 7.94. The van der Waals surface area contributed by atoms with Crippen molar-refractivity contribution in [3.05, 3.63) is 222 Å². The first-order valence-corrected chi connectivity index (χ1v) is 20.8. The van der Waals surface area contributed by atoms with E-state index in [0.717, 1.165) is 17.1 Å². The van der Waals surface area contributed by atoms with Gasteiger partial charge in [0.25, 0.3) is 0 Å². The van der Waals surface area contributed by atoms with Gasteiger partial charge in [0.1, 0.15) is 0 Å². The van der Waals surface area contributed by atoms with Crippen molar-refractivity contribution in [2.45, 2.75) is 38.5 Å². The first-order valence-electron chi connectivity index (χ1n) is 20.8.